The van der Waals surface area contributed by atoms with Crippen molar-refractivity contribution in [2.24, 2.45) is 5.92 Å². The molecule has 0 bridgehead atoms. The summed E-state index contributed by atoms with van der Waals surface area (Å²) >= 11 is 0. The third-order valence-electron chi connectivity index (χ3n) is 3.10. The van der Waals surface area contributed by atoms with Crippen molar-refractivity contribution >= 4 is 11.8 Å². The third kappa shape index (κ3) is 7.93. The molecule has 0 fully saturated rings. The summed E-state index contributed by atoms with van der Waals surface area (Å²) in [6, 6.07) is 0. The Balaban J connectivity index is 4.54. The molecule has 20 heavy (non-hydrogen) atoms. The van der Waals surface area contributed by atoms with Crippen LogP contribution < -0.4 is 0 Å². The lowest BCUT2D eigenvalue weighted by atomic mass is 9.96. The first-order valence-electron chi connectivity index (χ1n) is 7.40. The van der Waals surface area contributed by atoms with E-state index < -0.39 is 11.9 Å². The van der Waals surface area contributed by atoms with Crippen LogP contribution in [0.4, 0.5) is 0 Å². The normalized spacial score (nSPS) is 12.8. The molecule has 0 rings (SSSR count). The molecular weight excluding hydrogens is 252 g/mol. The van der Waals surface area contributed by atoms with Crippen LogP contribution in [-0.4, -0.2) is 18.4 Å². The van der Waals surface area contributed by atoms with Gasteiger partial charge in [-0.3, -0.25) is 9.59 Å². The Morgan fingerprint density at radius 3 is 2.25 bits per heavy atom. The van der Waals surface area contributed by atoms with Gasteiger partial charge in [0.1, 0.15) is 11.7 Å². The lowest BCUT2D eigenvalue weighted by Gasteiger charge is -2.12. The van der Waals surface area contributed by atoms with Crippen LogP contribution in [0.15, 0.2) is 23.3 Å². The molecule has 3 heteroatoms. The zero-order valence-corrected chi connectivity index (χ0v) is 13.5. The second-order valence-electron chi connectivity index (χ2n) is 5.23. The average molecular weight is 280 g/mol. The molecule has 0 heterocycles. The van der Waals surface area contributed by atoms with E-state index in [1.807, 2.05) is 13.0 Å². The monoisotopic (exact) mass is 280 g/mol. The van der Waals surface area contributed by atoms with Crippen molar-refractivity contribution in [3.63, 3.8) is 0 Å². The van der Waals surface area contributed by atoms with Crippen molar-refractivity contribution in [1.29, 1.82) is 0 Å². The fourth-order valence-corrected chi connectivity index (χ4v) is 1.86. The number of ketones is 1. The number of esters is 1. The van der Waals surface area contributed by atoms with Gasteiger partial charge in [0.05, 0.1) is 6.61 Å². The lowest BCUT2D eigenvalue weighted by Crippen LogP contribution is -2.25. The fraction of sp³-hybridized carbons (Fsp3) is 0.647. The number of carbonyl (C=O) groups excluding carboxylic acids is 2. The van der Waals surface area contributed by atoms with Gasteiger partial charge in [-0.2, -0.15) is 0 Å². The van der Waals surface area contributed by atoms with Crippen LogP contribution in [-0.2, 0) is 14.3 Å². The zero-order chi connectivity index (χ0) is 15.5. The summed E-state index contributed by atoms with van der Waals surface area (Å²) < 4.78 is 4.97. The Kier molecular flexibility index (Phi) is 9.69. The van der Waals surface area contributed by atoms with E-state index in [0.29, 0.717) is 19.4 Å². The second kappa shape index (κ2) is 10.4. The Hall–Kier alpha value is -1.38. The molecule has 0 aromatic heterocycles. The molecule has 0 aromatic rings. The molecule has 3 nitrogen and oxygen atoms in total. The Labute approximate surface area is 123 Å². The molecule has 0 aliphatic heterocycles. The molecule has 0 radical (unpaired) electrons. The number of ether oxygens (including phenoxy) is 1. The molecule has 0 aliphatic rings. The first-order chi connectivity index (χ1) is 9.42. The highest BCUT2D eigenvalue weighted by Crippen LogP contribution is 2.15. The van der Waals surface area contributed by atoms with E-state index in [9.17, 15) is 9.59 Å². The van der Waals surface area contributed by atoms with Gasteiger partial charge in [0.25, 0.3) is 0 Å². The van der Waals surface area contributed by atoms with Crippen LogP contribution in [0.5, 0.6) is 0 Å². The predicted octanol–water partition coefficient (Wildman–Crippen LogP) is 4.23. The Bertz CT molecular complexity index is 374. The van der Waals surface area contributed by atoms with Gasteiger partial charge in [0, 0.05) is 6.42 Å². The Morgan fingerprint density at radius 1 is 1.10 bits per heavy atom. The standard InChI is InChI=1S/C17H28O3/c1-6-16(18)15(17(19)20-7-2)12-11-14(5)10-8-9-13(3)4/h9,11,15H,6-8,10,12H2,1-5H3/b14-11+. The SMILES string of the molecule is CCOC(=O)C(C/C=C(\C)CCC=C(C)C)C(=O)CC. The van der Waals surface area contributed by atoms with Gasteiger partial charge in [-0.25, -0.2) is 0 Å². The summed E-state index contributed by atoms with van der Waals surface area (Å²) in [5, 5.41) is 0. The van der Waals surface area contributed by atoms with Crippen molar-refractivity contribution in [2.75, 3.05) is 6.61 Å². The molecule has 114 valence electrons. The summed E-state index contributed by atoms with van der Waals surface area (Å²) in [5.74, 6) is -1.08. The Morgan fingerprint density at radius 2 is 1.75 bits per heavy atom. The predicted molar refractivity (Wildman–Crippen MR) is 82.5 cm³/mol. The fourth-order valence-electron chi connectivity index (χ4n) is 1.86. The van der Waals surface area contributed by atoms with Gasteiger partial charge in [-0.05, 0) is 47.0 Å². The van der Waals surface area contributed by atoms with E-state index >= 15 is 0 Å². The topological polar surface area (TPSA) is 43.4 Å². The van der Waals surface area contributed by atoms with E-state index in [-0.39, 0.29) is 5.78 Å². The minimum atomic E-state index is -0.640. The van der Waals surface area contributed by atoms with Crippen LogP contribution in [0.25, 0.3) is 0 Å². The van der Waals surface area contributed by atoms with E-state index in [1.54, 1.807) is 13.8 Å². The average Bonchev–Trinajstić information content (AvgIpc) is 2.38. The number of Topliss-reactive ketones (excluding diaryl/α,β-unsaturated/α-hetero) is 1. The minimum absolute atomic E-state index is 0.0446. The largest absolute Gasteiger partial charge is 0.465 e. The molecule has 0 spiro atoms. The van der Waals surface area contributed by atoms with Crippen LogP contribution >= 0.6 is 0 Å². The molecule has 0 aromatic carbocycles. The van der Waals surface area contributed by atoms with Crippen LogP contribution in [0, 0.1) is 5.92 Å². The zero-order valence-electron chi connectivity index (χ0n) is 13.5. The first kappa shape index (κ1) is 18.6. The van der Waals surface area contributed by atoms with E-state index in [1.165, 1.54) is 11.1 Å². The van der Waals surface area contributed by atoms with Gasteiger partial charge in [0.15, 0.2) is 0 Å². The second-order valence-corrected chi connectivity index (χ2v) is 5.23. The molecule has 0 N–H and O–H groups in total. The minimum Gasteiger partial charge on any atom is -0.465 e. The smallest absolute Gasteiger partial charge is 0.316 e. The van der Waals surface area contributed by atoms with Gasteiger partial charge >= 0.3 is 5.97 Å². The van der Waals surface area contributed by atoms with Gasteiger partial charge in [0.2, 0.25) is 0 Å². The molecule has 1 unspecified atom stereocenters. The summed E-state index contributed by atoms with van der Waals surface area (Å²) in [6.45, 7) is 10.0. The number of rotatable bonds is 9. The van der Waals surface area contributed by atoms with E-state index in [4.69, 9.17) is 4.74 Å². The highest BCUT2D eigenvalue weighted by atomic mass is 16.5. The van der Waals surface area contributed by atoms with Crippen molar-refractivity contribution in [2.45, 2.75) is 60.3 Å². The van der Waals surface area contributed by atoms with Gasteiger partial charge < -0.3 is 4.74 Å². The van der Waals surface area contributed by atoms with E-state index in [2.05, 4.69) is 19.9 Å². The molecular formula is C17H28O3. The van der Waals surface area contributed by atoms with Crippen molar-refractivity contribution in [3.05, 3.63) is 23.3 Å². The lowest BCUT2D eigenvalue weighted by molar-refractivity contribution is -0.151. The maximum absolute atomic E-state index is 11.8. The maximum Gasteiger partial charge on any atom is 0.316 e. The first-order valence-corrected chi connectivity index (χ1v) is 7.40. The number of allylic oxidation sites excluding steroid dienone is 4. The number of hydrogen-bond donors (Lipinski definition) is 0. The van der Waals surface area contributed by atoms with Crippen molar-refractivity contribution in [1.82, 2.24) is 0 Å². The van der Waals surface area contributed by atoms with Crippen LogP contribution in [0.2, 0.25) is 0 Å². The summed E-state index contributed by atoms with van der Waals surface area (Å²) in [5.41, 5.74) is 2.52. The van der Waals surface area contributed by atoms with Crippen molar-refractivity contribution in [3.8, 4) is 0 Å². The third-order valence-corrected chi connectivity index (χ3v) is 3.10. The molecule has 1 atom stereocenters. The number of carbonyl (C=O) groups is 2. The molecule has 0 amide bonds. The van der Waals surface area contributed by atoms with Gasteiger partial charge in [-0.15, -0.1) is 0 Å². The van der Waals surface area contributed by atoms with E-state index in [0.717, 1.165) is 12.8 Å². The highest BCUT2D eigenvalue weighted by Gasteiger charge is 2.25. The summed E-state index contributed by atoms with van der Waals surface area (Å²) in [7, 11) is 0. The molecule has 0 saturated carbocycles. The quantitative estimate of drug-likeness (QED) is 0.360. The van der Waals surface area contributed by atoms with Crippen LogP contribution in [0.3, 0.4) is 0 Å². The van der Waals surface area contributed by atoms with Crippen molar-refractivity contribution < 1.29 is 14.3 Å². The number of hydrogen-bond acceptors (Lipinski definition) is 3. The molecule has 0 aliphatic carbocycles. The maximum atomic E-state index is 11.8. The molecule has 0 saturated heterocycles. The summed E-state index contributed by atoms with van der Waals surface area (Å²) in [6.07, 6.45) is 6.96. The highest BCUT2D eigenvalue weighted by molar-refractivity contribution is 5.99. The van der Waals surface area contributed by atoms with Gasteiger partial charge in [-0.1, -0.05) is 30.2 Å². The van der Waals surface area contributed by atoms with Crippen LogP contribution in [0.1, 0.15) is 60.3 Å². The summed E-state index contributed by atoms with van der Waals surface area (Å²) in [4.78, 5) is 23.6.